The summed E-state index contributed by atoms with van der Waals surface area (Å²) >= 11 is 0. The number of hydrogen-bond acceptors (Lipinski definition) is 3. The molecule has 0 aliphatic carbocycles. The first-order valence-electron chi connectivity index (χ1n) is 7.31. The van der Waals surface area contributed by atoms with Crippen LogP contribution in [0.4, 0.5) is 0 Å². The van der Waals surface area contributed by atoms with Gasteiger partial charge in [0.2, 0.25) is 0 Å². The molecule has 0 saturated carbocycles. The molecule has 23 heavy (non-hydrogen) atoms. The third kappa shape index (κ3) is 4.07. The molecule has 0 aliphatic rings. The van der Waals surface area contributed by atoms with Gasteiger partial charge in [-0.3, -0.25) is 4.21 Å². The summed E-state index contributed by atoms with van der Waals surface area (Å²) < 4.78 is 19.4. The van der Waals surface area contributed by atoms with Crippen molar-refractivity contribution in [3.63, 3.8) is 0 Å². The van der Waals surface area contributed by atoms with Crippen LogP contribution in [0.1, 0.15) is 11.1 Å². The van der Waals surface area contributed by atoms with Gasteiger partial charge >= 0.3 is 0 Å². The fourth-order valence-corrected chi connectivity index (χ4v) is 3.52. The van der Waals surface area contributed by atoms with E-state index in [2.05, 4.69) is 5.10 Å². The van der Waals surface area contributed by atoms with Crippen molar-refractivity contribution in [1.82, 2.24) is 9.78 Å². The van der Waals surface area contributed by atoms with Gasteiger partial charge in [0.1, 0.15) is 5.75 Å². The molecule has 1 heterocycles. The van der Waals surface area contributed by atoms with Gasteiger partial charge in [-0.25, -0.2) is 4.68 Å². The second-order valence-electron chi connectivity index (χ2n) is 5.21. The van der Waals surface area contributed by atoms with E-state index in [-0.39, 0.29) is 0 Å². The molecule has 0 unspecified atom stereocenters. The maximum atomic E-state index is 12.4. The molecule has 1 atom stereocenters. The molecule has 0 saturated heterocycles. The van der Waals surface area contributed by atoms with Gasteiger partial charge in [0.25, 0.3) is 0 Å². The monoisotopic (exact) mass is 326 g/mol. The lowest BCUT2D eigenvalue weighted by Gasteiger charge is -2.04. The Hall–Kier alpha value is -2.40. The summed E-state index contributed by atoms with van der Waals surface area (Å²) in [5.41, 5.74) is 2.98. The van der Waals surface area contributed by atoms with Gasteiger partial charge in [-0.15, -0.1) is 0 Å². The summed E-state index contributed by atoms with van der Waals surface area (Å²) in [6, 6.07) is 17.6. The molecule has 3 rings (SSSR count). The van der Waals surface area contributed by atoms with E-state index in [4.69, 9.17) is 4.74 Å². The molecule has 0 radical (unpaired) electrons. The number of para-hydroxylation sites is 1. The minimum atomic E-state index is -0.984. The average Bonchev–Trinajstić information content (AvgIpc) is 3.04. The Morgan fingerprint density at radius 2 is 1.83 bits per heavy atom. The van der Waals surface area contributed by atoms with E-state index >= 15 is 0 Å². The summed E-state index contributed by atoms with van der Waals surface area (Å²) in [5, 5.41) is 4.34. The lowest BCUT2D eigenvalue weighted by atomic mass is 10.2. The standard InChI is InChI=1S/C18H18N2O2S/c1-22-18-9-5-6-15(10-18)13-23(21)14-16-11-19-20(12-16)17-7-3-2-4-8-17/h2-12H,13-14H2,1H3/t23-/m1/s1. The smallest absolute Gasteiger partial charge is 0.119 e. The highest BCUT2D eigenvalue weighted by Gasteiger charge is 2.07. The van der Waals surface area contributed by atoms with E-state index in [1.54, 1.807) is 18.0 Å². The van der Waals surface area contributed by atoms with Crippen LogP contribution in [0.3, 0.4) is 0 Å². The van der Waals surface area contributed by atoms with Crippen LogP contribution in [0.15, 0.2) is 67.0 Å². The first-order valence-corrected chi connectivity index (χ1v) is 8.80. The van der Waals surface area contributed by atoms with Crippen molar-refractivity contribution in [2.75, 3.05) is 7.11 Å². The van der Waals surface area contributed by atoms with Crippen molar-refractivity contribution in [3.8, 4) is 11.4 Å². The van der Waals surface area contributed by atoms with E-state index in [1.165, 1.54) is 0 Å². The van der Waals surface area contributed by atoms with Gasteiger partial charge in [0.05, 0.1) is 24.7 Å². The number of benzene rings is 2. The molecular formula is C18H18N2O2S. The number of aromatic nitrogens is 2. The fourth-order valence-electron chi connectivity index (χ4n) is 2.34. The zero-order chi connectivity index (χ0) is 16.1. The van der Waals surface area contributed by atoms with Gasteiger partial charge in [0.15, 0.2) is 0 Å². The number of ether oxygens (including phenoxy) is 1. The third-order valence-corrected chi connectivity index (χ3v) is 4.76. The van der Waals surface area contributed by atoms with Crippen LogP contribution in [-0.4, -0.2) is 21.1 Å². The number of nitrogens with zero attached hydrogens (tertiary/aromatic N) is 2. The van der Waals surface area contributed by atoms with E-state index in [1.807, 2.05) is 60.8 Å². The summed E-state index contributed by atoms with van der Waals surface area (Å²) in [4.78, 5) is 0. The van der Waals surface area contributed by atoms with Crippen LogP contribution >= 0.6 is 0 Å². The summed E-state index contributed by atoms with van der Waals surface area (Å²) in [6.45, 7) is 0. The molecular weight excluding hydrogens is 308 g/mol. The molecule has 0 spiro atoms. The van der Waals surface area contributed by atoms with Crippen molar-refractivity contribution in [2.45, 2.75) is 11.5 Å². The normalized spacial score (nSPS) is 12.0. The molecule has 2 aromatic carbocycles. The lowest BCUT2D eigenvalue weighted by molar-refractivity contribution is 0.414. The van der Waals surface area contributed by atoms with Crippen molar-refractivity contribution >= 4 is 10.8 Å². The maximum Gasteiger partial charge on any atom is 0.119 e. The Kier molecular flexibility index (Phi) is 4.88. The van der Waals surface area contributed by atoms with Crippen LogP contribution in [0.25, 0.3) is 5.69 Å². The molecule has 3 aromatic rings. The zero-order valence-corrected chi connectivity index (χ0v) is 13.7. The predicted molar refractivity (Wildman–Crippen MR) is 92.1 cm³/mol. The van der Waals surface area contributed by atoms with Gasteiger partial charge in [-0.05, 0) is 29.8 Å². The van der Waals surface area contributed by atoms with Crippen molar-refractivity contribution in [1.29, 1.82) is 0 Å². The molecule has 4 nitrogen and oxygen atoms in total. The third-order valence-electron chi connectivity index (χ3n) is 3.45. The van der Waals surface area contributed by atoms with Gasteiger partial charge in [-0.1, -0.05) is 30.3 Å². The Morgan fingerprint density at radius 3 is 2.61 bits per heavy atom. The van der Waals surface area contributed by atoms with E-state index in [0.717, 1.165) is 22.6 Å². The summed E-state index contributed by atoms with van der Waals surface area (Å²) in [7, 11) is 0.649. The first kappa shape index (κ1) is 15.5. The SMILES string of the molecule is COc1cccc(C[S@@](=O)Cc2cnn(-c3ccccc3)c2)c1. The highest BCUT2D eigenvalue weighted by atomic mass is 32.2. The number of hydrogen-bond donors (Lipinski definition) is 0. The van der Waals surface area contributed by atoms with Crippen molar-refractivity contribution in [2.24, 2.45) is 0 Å². The highest BCUT2D eigenvalue weighted by molar-refractivity contribution is 7.83. The van der Waals surface area contributed by atoms with E-state index < -0.39 is 10.8 Å². The quantitative estimate of drug-likeness (QED) is 0.698. The van der Waals surface area contributed by atoms with Crippen LogP contribution in [0, 0.1) is 0 Å². The summed E-state index contributed by atoms with van der Waals surface area (Å²) in [5.74, 6) is 1.79. The molecule has 0 amide bonds. The molecule has 118 valence electrons. The zero-order valence-electron chi connectivity index (χ0n) is 12.9. The average molecular weight is 326 g/mol. The van der Waals surface area contributed by atoms with Gasteiger partial charge in [-0.2, -0.15) is 5.10 Å². The minimum Gasteiger partial charge on any atom is -0.497 e. The molecule has 0 N–H and O–H groups in total. The molecule has 1 aromatic heterocycles. The highest BCUT2D eigenvalue weighted by Crippen LogP contribution is 2.16. The van der Waals surface area contributed by atoms with Crippen LogP contribution in [0.2, 0.25) is 0 Å². The number of methoxy groups -OCH3 is 1. The Balaban J connectivity index is 1.65. The topological polar surface area (TPSA) is 44.1 Å². The Bertz CT molecular complexity index is 800. The van der Waals surface area contributed by atoms with Crippen LogP contribution in [-0.2, 0) is 22.3 Å². The minimum absolute atomic E-state index is 0.490. The van der Waals surface area contributed by atoms with Crippen LogP contribution in [0.5, 0.6) is 5.75 Å². The van der Waals surface area contributed by atoms with E-state index in [0.29, 0.717) is 11.5 Å². The van der Waals surface area contributed by atoms with Crippen LogP contribution < -0.4 is 4.74 Å². The van der Waals surface area contributed by atoms with Crippen molar-refractivity contribution in [3.05, 3.63) is 78.1 Å². The van der Waals surface area contributed by atoms with Gasteiger partial charge < -0.3 is 4.74 Å². The fraction of sp³-hybridized carbons (Fsp3) is 0.167. The Morgan fingerprint density at radius 1 is 1.04 bits per heavy atom. The molecule has 0 fully saturated rings. The molecule has 0 bridgehead atoms. The van der Waals surface area contributed by atoms with Gasteiger partial charge in [0, 0.05) is 28.3 Å². The second kappa shape index (κ2) is 7.24. The predicted octanol–water partition coefficient (Wildman–Crippen LogP) is 3.33. The second-order valence-corrected chi connectivity index (χ2v) is 6.67. The lowest BCUT2D eigenvalue weighted by Crippen LogP contribution is -1.99. The Labute approximate surface area is 138 Å². The maximum absolute atomic E-state index is 12.4. The van der Waals surface area contributed by atoms with E-state index in [9.17, 15) is 4.21 Å². The first-order chi connectivity index (χ1) is 11.2. The number of rotatable bonds is 6. The summed E-state index contributed by atoms with van der Waals surface area (Å²) in [6.07, 6.45) is 3.70. The molecule has 0 aliphatic heterocycles. The largest absolute Gasteiger partial charge is 0.497 e. The molecule has 5 heteroatoms. The van der Waals surface area contributed by atoms with Crippen molar-refractivity contribution < 1.29 is 8.95 Å².